The lowest BCUT2D eigenvalue weighted by Crippen LogP contribution is -2.30. The number of rotatable bonds is 6. The van der Waals surface area contributed by atoms with Crippen molar-refractivity contribution >= 4 is 40.8 Å². The summed E-state index contributed by atoms with van der Waals surface area (Å²) < 4.78 is 1.75. The van der Waals surface area contributed by atoms with E-state index in [4.69, 9.17) is 0 Å². The van der Waals surface area contributed by atoms with Gasteiger partial charge in [-0.05, 0) is 25.7 Å². The second kappa shape index (κ2) is 7.82. The summed E-state index contributed by atoms with van der Waals surface area (Å²) in [6.45, 7) is 4.48. The quantitative estimate of drug-likeness (QED) is 0.818. The highest BCUT2D eigenvalue weighted by molar-refractivity contribution is 8.03. The molecule has 0 saturated heterocycles. The number of carbonyl (C=O) groups is 1. The second-order valence-electron chi connectivity index (χ2n) is 4.50. The van der Waals surface area contributed by atoms with Gasteiger partial charge in [0.1, 0.15) is 0 Å². The number of nitrogens with one attached hydrogen (secondary N) is 1. The molecule has 0 saturated carbocycles. The second-order valence-corrected chi connectivity index (χ2v) is 8.12. The van der Waals surface area contributed by atoms with Gasteiger partial charge in [-0.1, -0.05) is 64.7 Å². The first-order valence-electron chi connectivity index (χ1n) is 6.46. The van der Waals surface area contributed by atoms with Crippen LogP contribution in [0.2, 0.25) is 0 Å². The van der Waals surface area contributed by atoms with Crippen molar-refractivity contribution in [2.24, 2.45) is 0 Å². The van der Waals surface area contributed by atoms with Crippen LogP contribution in [0.3, 0.4) is 0 Å². The van der Waals surface area contributed by atoms with Crippen LogP contribution in [0, 0.1) is 6.92 Å². The molecule has 0 aliphatic rings. The van der Waals surface area contributed by atoms with Gasteiger partial charge < -0.3 is 5.32 Å². The highest BCUT2D eigenvalue weighted by Gasteiger charge is 2.16. The number of amides is 1. The molecule has 1 heterocycles. The molecule has 0 unspecified atom stereocenters. The molecule has 0 bridgehead atoms. The number of aryl methyl sites for hydroxylation is 1. The van der Waals surface area contributed by atoms with Crippen molar-refractivity contribution in [1.29, 1.82) is 0 Å². The average Bonchev–Trinajstić information content (AvgIpc) is 2.94. The molecular weight excluding hydrogens is 322 g/mol. The van der Waals surface area contributed by atoms with Gasteiger partial charge in [-0.15, -0.1) is 10.2 Å². The van der Waals surface area contributed by atoms with Crippen molar-refractivity contribution in [2.45, 2.75) is 34.3 Å². The Morgan fingerprint density at radius 3 is 2.57 bits per heavy atom. The van der Waals surface area contributed by atoms with Crippen molar-refractivity contribution < 1.29 is 4.79 Å². The maximum atomic E-state index is 12.1. The van der Waals surface area contributed by atoms with Crippen LogP contribution in [0.5, 0.6) is 0 Å². The van der Waals surface area contributed by atoms with Crippen molar-refractivity contribution in [2.75, 3.05) is 6.26 Å². The van der Waals surface area contributed by atoms with Gasteiger partial charge in [0, 0.05) is 6.54 Å². The Hall–Kier alpha value is -1.05. The first-order valence-corrected chi connectivity index (χ1v) is 9.38. The Bertz CT molecular complexity index is 598. The van der Waals surface area contributed by atoms with E-state index >= 15 is 0 Å². The predicted octanol–water partition coefficient (Wildman–Crippen LogP) is 3.37. The first kappa shape index (κ1) is 16.3. The van der Waals surface area contributed by atoms with Crippen molar-refractivity contribution in [1.82, 2.24) is 15.5 Å². The van der Waals surface area contributed by atoms with Gasteiger partial charge in [-0.2, -0.15) is 0 Å². The van der Waals surface area contributed by atoms with Crippen LogP contribution in [0.15, 0.2) is 32.9 Å². The summed E-state index contributed by atoms with van der Waals surface area (Å²) >= 11 is 4.53. The molecule has 2 rings (SSSR count). The van der Waals surface area contributed by atoms with Gasteiger partial charge in [0.15, 0.2) is 8.68 Å². The highest BCUT2D eigenvalue weighted by Crippen LogP contribution is 2.30. The van der Waals surface area contributed by atoms with Crippen LogP contribution in [0.4, 0.5) is 0 Å². The van der Waals surface area contributed by atoms with Gasteiger partial charge >= 0.3 is 0 Å². The summed E-state index contributed by atoms with van der Waals surface area (Å²) in [5.74, 6) is 0.0153. The average molecular weight is 340 g/mol. The number of thioether (sulfide) groups is 2. The topological polar surface area (TPSA) is 54.9 Å². The van der Waals surface area contributed by atoms with Crippen LogP contribution >= 0.6 is 34.9 Å². The van der Waals surface area contributed by atoms with E-state index in [1.165, 1.54) is 28.7 Å². The number of benzene rings is 1. The number of carbonyl (C=O) groups excluding carboxylic acids is 1. The molecule has 4 nitrogen and oxygen atoms in total. The molecule has 0 aliphatic carbocycles. The Balaban J connectivity index is 1.83. The zero-order chi connectivity index (χ0) is 15.2. The monoisotopic (exact) mass is 339 g/mol. The van der Waals surface area contributed by atoms with E-state index in [-0.39, 0.29) is 11.2 Å². The maximum absolute atomic E-state index is 12.1. The number of aromatic nitrogens is 2. The van der Waals surface area contributed by atoms with Gasteiger partial charge in [-0.3, -0.25) is 4.79 Å². The molecule has 1 atom stereocenters. The van der Waals surface area contributed by atoms with Crippen LogP contribution in [-0.2, 0) is 11.3 Å². The minimum Gasteiger partial charge on any atom is -0.351 e. The van der Waals surface area contributed by atoms with Crippen LogP contribution in [-0.4, -0.2) is 27.6 Å². The van der Waals surface area contributed by atoms with E-state index in [0.717, 1.165) is 14.2 Å². The van der Waals surface area contributed by atoms with Crippen LogP contribution < -0.4 is 5.32 Å². The third-order valence-corrected chi connectivity index (χ3v) is 5.88. The van der Waals surface area contributed by atoms with Gasteiger partial charge in [0.25, 0.3) is 0 Å². The first-order chi connectivity index (χ1) is 10.1. The molecule has 1 aromatic carbocycles. The molecule has 0 fully saturated rings. The summed E-state index contributed by atoms with van der Waals surface area (Å²) in [5, 5.41) is 10.9. The van der Waals surface area contributed by atoms with E-state index in [1.54, 1.807) is 11.8 Å². The van der Waals surface area contributed by atoms with E-state index in [9.17, 15) is 4.79 Å². The maximum Gasteiger partial charge on any atom is 0.233 e. The third-order valence-electron chi connectivity index (χ3n) is 2.80. The van der Waals surface area contributed by atoms with Gasteiger partial charge in [-0.25, -0.2) is 0 Å². The molecule has 0 spiro atoms. The third kappa shape index (κ3) is 5.01. The summed E-state index contributed by atoms with van der Waals surface area (Å²) in [4.78, 5) is 12.1. The largest absolute Gasteiger partial charge is 0.351 e. The van der Waals surface area contributed by atoms with E-state index < -0.39 is 0 Å². The molecular formula is C14H17N3OS3. The SMILES string of the molecule is CSc1nnc(S[C@H](C)C(=O)NCc2ccc(C)cc2)s1. The summed E-state index contributed by atoms with van der Waals surface area (Å²) in [7, 11) is 0. The lowest BCUT2D eigenvalue weighted by molar-refractivity contribution is -0.120. The molecule has 7 heteroatoms. The smallest absolute Gasteiger partial charge is 0.233 e. The lowest BCUT2D eigenvalue weighted by atomic mass is 10.1. The van der Waals surface area contributed by atoms with Gasteiger partial charge in [0.2, 0.25) is 5.91 Å². The normalized spacial score (nSPS) is 12.1. The van der Waals surface area contributed by atoms with Crippen LogP contribution in [0.25, 0.3) is 0 Å². The molecule has 112 valence electrons. The molecule has 2 aromatic rings. The molecule has 1 aromatic heterocycles. The van der Waals surface area contributed by atoms with Crippen molar-refractivity contribution in [3.8, 4) is 0 Å². The minimum absolute atomic E-state index is 0.0153. The van der Waals surface area contributed by atoms with E-state index in [1.807, 2.05) is 44.4 Å². The Kier molecular flexibility index (Phi) is 6.08. The highest BCUT2D eigenvalue weighted by atomic mass is 32.2. The summed E-state index contributed by atoms with van der Waals surface area (Å²) in [5.41, 5.74) is 2.32. The fraction of sp³-hybridized carbons (Fsp3) is 0.357. The standard InChI is InChI=1S/C14H17N3OS3/c1-9-4-6-11(7-5-9)8-15-12(18)10(2)20-14-17-16-13(19-3)21-14/h4-7,10H,8H2,1-3H3,(H,15,18)/t10-/m1/s1. The molecule has 1 amide bonds. The lowest BCUT2D eigenvalue weighted by Gasteiger charge is -2.10. The molecule has 0 aliphatic heterocycles. The summed E-state index contributed by atoms with van der Waals surface area (Å²) in [6, 6.07) is 8.15. The van der Waals surface area contributed by atoms with E-state index in [0.29, 0.717) is 6.54 Å². The van der Waals surface area contributed by atoms with Gasteiger partial charge in [0.05, 0.1) is 5.25 Å². The zero-order valence-electron chi connectivity index (χ0n) is 12.1. The Morgan fingerprint density at radius 1 is 1.29 bits per heavy atom. The Morgan fingerprint density at radius 2 is 1.95 bits per heavy atom. The predicted molar refractivity (Wildman–Crippen MR) is 90.0 cm³/mol. The minimum atomic E-state index is -0.182. The number of hydrogen-bond acceptors (Lipinski definition) is 6. The summed E-state index contributed by atoms with van der Waals surface area (Å²) in [6.07, 6.45) is 1.96. The number of hydrogen-bond donors (Lipinski definition) is 1. The Labute approximate surface area is 137 Å². The van der Waals surface area contributed by atoms with Crippen molar-refractivity contribution in [3.05, 3.63) is 35.4 Å². The van der Waals surface area contributed by atoms with Crippen molar-refractivity contribution in [3.63, 3.8) is 0 Å². The molecule has 21 heavy (non-hydrogen) atoms. The fourth-order valence-electron chi connectivity index (χ4n) is 1.57. The number of nitrogens with zero attached hydrogens (tertiary/aromatic N) is 2. The van der Waals surface area contributed by atoms with E-state index in [2.05, 4.69) is 15.5 Å². The zero-order valence-corrected chi connectivity index (χ0v) is 14.6. The van der Waals surface area contributed by atoms with Crippen LogP contribution in [0.1, 0.15) is 18.1 Å². The molecule has 1 N–H and O–H groups in total. The molecule has 0 radical (unpaired) electrons. The fourth-order valence-corrected chi connectivity index (χ4v) is 4.18.